The van der Waals surface area contributed by atoms with Crippen molar-refractivity contribution in [1.82, 2.24) is 10.6 Å². The number of hydrogen-bond donors (Lipinski definition) is 4. The van der Waals surface area contributed by atoms with Gasteiger partial charge < -0.3 is 20.8 Å². The van der Waals surface area contributed by atoms with Gasteiger partial charge in [-0.2, -0.15) is 0 Å². The molecule has 0 bridgehead atoms. The summed E-state index contributed by atoms with van der Waals surface area (Å²) in [7, 11) is 0. The van der Waals surface area contributed by atoms with Crippen molar-refractivity contribution in [1.29, 1.82) is 0 Å². The van der Waals surface area contributed by atoms with E-state index in [1.54, 1.807) is 0 Å². The summed E-state index contributed by atoms with van der Waals surface area (Å²) in [5.41, 5.74) is 0. The minimum Gasteiger partial charge on any atom is -0.481 e. The van der Waals surface area contributed by atoms with Crippen LogP contribution in [0.2, 0.25) is 0 Å². The molecule has 0 amide bonds. The Morgan fingerprint density at radius 1 is 0.357 bits per heavy atom. The molecule has 0 aromatic rings. The van der Waals surface area contributed by atoms with Crippen LogP contribution in [-0.2, 0) is 9.59 Å². The minimum absolute atomic E-state index is 0.296. The second kappa shape index (κ2) is 44.3. The van der Waals surface area contributed by atoms with Crippen LogP contribution in [0.1, 0.15) is 195 Å². The average molecular weight is 601 g/mol. The molecular weight excluding hydrogens is 524 g/mol. The first kappa shape index (κ1) is 45.3. The summed E-state index contributed by atoms with van der Waals surface area (Å²) in [6.07, 6.45) is 33.2. The Hall–Kier alpha value is -1.14. The predicted molar refractivity (Wildman–Crippen MR) is 184 cm³/mol. The Bertz CT molecular complexity index is 431. The fourth-order valence-corrected chi connectivity index (χ4v) is 4.59. The Labute approximate surface area is 263 Å². The fraction of sp³-hybridized carbons (Fsp3) is 0.944. The van der Waals surface area contributed by atoms with Crippen molar-refractivity contribution >= 4 is 11.9 Å². The SMILES string of the molecule is CCCCCCCCNCCCCCCCC.CCCCCCCCNCCCCCCCC.O=C(O)CCC(=O)O. The van der Waals surface area contributed by atoms with Crippen LogP contribution in [0.15, 0.2) is 0 Å². The monoisotopic (exact) mass is 601 g/mol. The molecule has 0 rings (SSSR count). The van der Waals surface area contributed by atoms with Gasteiger partial charge in [0.25, 0.3) is 0 Å². The third-order valence-corrected chi connectivity index (χ3v) is 7.38. The van der Waals surface area contributed by atoms with Gasteiger partial charge in [-0.25, -0.2) is 0 Å². The zero-order valence-corrected chi connectivity index (χ0v) is 28.9. The van der Waals surface area contributed by atoms with Crippen molar-refractivity contribution in [2.75, 3.05) is 26.2 Å². The molecule has 6 nitrogen and oxygen atoms in total. The van der Waals surface area contributed by atoms with E-state index >= 15 is 0 Å². The van der Waals surface area contributed by atoms with Gasteiger partial charge in [-0.05, 0) is 51.9 Å². The molecule has 0 unspecified atom stereocenters. The van der Waals surface area contributed by atoms with Gasteiger partial charge >= 0.3 is 11.9 Å². The third kappa shape index (κ3) is 54.9. The van der Waals surface area contributed by atoms with E-state index in [2.05, 4.69) is 38.3 Å². The number of carboxylic acid groups (broad SMARTS) is 2. The van der Waals surface area contributed by atoms with Gasteiger partial charge in [0.1, 0.15) is 0 Å². The average Bonchev–Trinajstić information content (AvgIpc) is 2.97. The summed E-state index contributed by atoms with van der Waals surface area (Å²) in [6, 6.07) is 0. The van der Waals surface area contributed by atoms with Crippen molar-refractivity contribution < 1.29 is 19.8 Å². The normalized spacial score (nSPS) is 10.5. The second-order valence-corrected chi connectivity index (χ2v) is 11.9. The molecule has 0 aromatic carbocycles. The quantitative estimate of drug-likeness (QED) is 0.0591. The maximum absolute atomic E-state index is 9.64. The summed E-state index contributed by atoms with van der Waals surface area (Å²) in [6.45, 7) is 14.1. The van der Waals surface area contributed by atoms with Gasteiger partial charge in [0, 0.05) is 0 Å². The molecule has 0 saturated carbocycles. The van der Waals surface area contributed by atoms with Crippen LogP contribution in [0.25, 0.3) is 0 Å². The minimum atomic E-state index is -1.08. The molecule has 0 heterocycles. The lowest BCUT2D eigenvalue weighted by Gasteiger charge is -2.04. The van der Waals surface area contributed by atoms with Crippen molar-refractivity contribution in [2.45, 2.75) is 195 Å². The molecule has 4 N–H and O–H groups in total. The van der Waals surface area contributed by atoms with Crippen molar-refractivity contribution in [3.63, 3.8) is 0 Å². The molecule has 0 radical (unpaired) electrons. The molecule has 0 spiro atoms. The highest BCUT2D eigenvalue weighted by Gasteiger charge is 2.00. The molecule has 0 atom stereocenters. The van der Waals surface area contributed by atoms with E-state index in [4.69, 9.17) is 10.2 Å². The highest BCUT2D eigenvalue weighted by Crippen LogP contribution is 2.07. The summed E-state index contributed by atoms with van der Waals surface area (Å²) >= 11 is 0. The van der Waals surface area contributed by atoms with Gasteiger partial charge in [-0.15, -0.1) is 0 Å². The summed E-state index contributed by atoms with van der Waals surface area (Å²) < 4.78 is 0. The Balaban J connectivity index is -0.000000579. The van der Waals surface area contributed by atoms with Crippen LogP contribution < -0.4 is 10.6 Å². The zero-order chi connectivity index (χ0) is 31.8. The van der Waals surface area contributed by atoms with Crippen LogP contribution in [0, 0.1) is 0 Å². The highest BCUT2D eigenvalue weighted by molar-refractivity contribution is 5.75. The highest BCUT2D eigenvalue weighted by atomic mass is 16.4. The van der Waals surface area contributed by atoms with E-state index in [0.29, 0.717) is 0 Å². The van der Waals surface area contributed by atoms with Crippen molar-refractivity contribution in [3.05, 3.63) is 0 Å². The number of aliphatic carboxylic acids is 2. The lowest BCUT2D eigenvalue weighted by molar-refractivity contribution is -0.143. The largest absolute Gasteiger partial charge is 0.481 e. The maximum Gasteiger partial charge on any atom is 0.303 e. The van der Waals surface area contributed by atoms with E-state index in [0.717, 1.165) is 0 Å². The summed E-state index contributed by atoms with van der Waals surface area (Å²) in [4.78, 5) is 19.3. The summed E-state index contributed by atoms with van der Waals surface area (Å²) in [5.74, 6) is -2.15. The fourth-order valence-electron chi connectivity index (χ4n) is 4.59. The van der Waals surface area contributed by atoms with Crippen LogP contribution >= 0.6 is 0 Å². The van der Waals surface area contributed by atoms with Crippen LogP contribution in [0.4, 0.5) is 0 Å². The molecule has 254 valence electrons. The number of carbonyl (C=O) groups is 2. The molecule has 0 aliphatic rings. The first-order valence-corrected chi connectivity index (χ1v) is 18.3. The molecule has 0 saturated heterocycles. The van der Waals surface area contributed by atoms with Crippen LogP contribution in [0.3, 0.4) is 0 Å². The standard InChI is InChI=1S/2C16H35N.C4H6O4/c2*1-3-5-7-9-11-13-15-17-16-14-12-10-8-6-4-2;5-3(6)1-2-4(7)8/h2*17H,3-16H2,1-2H3;1-2H2,(H,5,6)(H,7,8). The van der Waals surface area contributed by atoms with Gasteiger partial charge in [0.15, 0.2) is 0 Å². The molecule has 0 aromatic heterocycles. The molecule has 6 heteroatoms. The lowest BCUT2D eigenvalue weighted by atomic mass is 10.1. The van der Waals surface area contributed by atoms with Crippen molar-refractivity contribution in [2.24, 2.45) is 0 Å². The number of nitrogens with one attached hydrogen (secondary N) is 2. The van der Waals surface area contributed by atoms with Crippen LogP contribution in [-0.4, -0.2) is 48.3 Å². The zero-order valence-electron chi connectivity index (χ0n) is 28.9. The molecule has 0 aliphatic heterocycles. The molecular formula is C36H76N2O4. The Morgan fingerprint density at radius 3 is 0.738 bits per heavy atom. The number of carboxylic acids is 2. The molecule has 42 heavy (non-hydrogen) atoms. The van der Waals surface area contributed by atoms with Crippen molar-refractivity contribution in [3.8, 4) is 0 Å². The smallest absolute Gasteiger partial charge is 0.303 e. The van der Waals surface area contributed by atoms with Crippen LogP contribution in [0.5, 0.6) is 0 Å². The third-order valence-electron chi connectivity index (χ3n) is 7.38. The molecule has 0 aliphatic carbocycles. The number of hydrogen-bond acceptors (Lipinski definition) is 4. The van der Waals surface area contributed by atoms with E-state index < -0.39 is 11.9 Å². The number of rotatable bonds is 31. The first-order chi connectivity index (χ1) is 20.5. The summed E-state index contributed by atoms with van der Waals surface area (Å²) in [5, 5.41) is 22.9. The Kier molecular flexibility index (Phi) is 47.8. The first-order valence-electron chi connectivity index (χ1n) is 18.3. The van der Waals surface area contributed by atoms with Gasteiger partial charge in [0.05, 0.1) is 12.8 Å². The van der Waals surface area contributed by atoms with E-state index in [9.17, 15) is 9.59 Å². The Morgan fingerprint density at radius 2 is 0.548 bits per heavy atom. The lowest BCUT2D eigenvalue weighted by Crippen LogP contribution is -2.16. The van der Waals surface area contributed by atoms with Gasteiger partial charge in [0.2, 0.25) is 0 Å². The van der Waals surface area contributed by atoms with Gasteiger partial charge in [-0.1, -0.05) is 156 Å². The maximum atomic E-state index is 9.64. The van der Waals surface area contributed by atoms with Gasteiger partial charge in [-0.3, -0.25) is 9.59 Å². The second-order valence-electron chi connectivity index (χ2n) is 11.9. The van der Waals surface area contributed by atoms with E-state index in [-0.39, 0.29) is 12.8 Å². The predicted octanol–water partition coefficient (Wildman–Crippen LogP) is 10.5. The van der Waals surface area contributed by atoms with E-state index in [1.165, 1.54) is 180 Å². The number of unbranched alkanes of at least 4 members (excludes halogenated alkanes) is 20. The topological polar surface area (TPSA) is 98.7 Å². The molecule has 0 fully saturated rings. The van der Waals surface area contributed by atoms with E-state index in [1.807, 2.05) is 0 Å².